The van der Waals surface area contributed by atoms with Crippen molar-refractivity contribution in [3.05, 3.63) is 0 Å². The summed E-state index contributed by atoms with van der Waals surface area (Å²) in [6.45, 7) is 6.67. The number of nitrogens with one attached hydrogen (secondary N) is 1. The van der Waals surface area contributed by atoms with E-state index in [2.05, 4.69) is 12.2 Å². The second-order valence-electron chi connectivity index (χ2n) is 5.97. The SMILES string of the molecule is CC1(CNCC(=O)N2CCOCC2)CCCCC1. The minimum Gasteiger partial charge on any atom is -0.378 e. The molecule has 0 spiro atoms. The minimum absolute atomic E-state index is 0.220. The quantitative estimate of drug-likeness (QED) is 0.824. The lowest BCUT2D eigenvalue weighted by molar-refractivity contribution is -0.134. The summed E-state index contributed by atoms with van der Waals surface area (Å²) in [4.78, 5) is 13.9. The predicted molar refractivity (Wildman–Crippen MR) is 71.5 cm³/mol. The number of rotatable bonds is 4. The van der Waals surface area contributed by atoms with Gasteiger partial charge in [0.2, 0.25) is 5.91 Å². The van der Waals surface area contributed by atoms with Crippen LogP contribution in [0.15, 0.2) is 0 Å². The van der Waals surface area contributed by atoms with Crippen LogP contribution in [-0.4, -0.2) is 50.2 Å². The first-order valence-electron chi connectivity index (χ1n) is 7.26. The van der Waals surface area contributed by atoms with E-state index in [-0.39, 0.29) is 5.91 Å². The normalized spacial score (nSPS) is 23.9. The van der Waals surface area contributed by atoms with Gasteiger partial charge in [-0.1, -0.05) is 26.2 Å². The van der Waals surface area contributed by atoms with Crippen LogP contribution in [0.25, 0.3) is 0 Å². The molecule has 0 aromatic carbocycles. The van der Waals surface area contributed by atoms with E-state index in [0.29, 0.717) is 25.2 Å². The molecule has 0 radical (unpaired) electrons. The van der Waals surface area contributed by atoms with Crippen LogP contribution < -0.4 is 5.32 Å². The van der Waals surface area contributed by atoms with Crippen molar-refractivity contribution in [3.63, 3.8) is 0 Å². The molecule has 1 amide bonds. The summed E-state index contributed by atoms with van der Waals surface area (Å²) in [5.74, 6) is 0.220. The molecule has 1 aliphatic carbocycles. The van der Waals surface area contributed by atoms with E-state index in [4.69, 9.17) is 4.74 Å². The Hall–Kier alpha value is -0.610. The molecule has 0 bridgehead atoms. The molecule has 2 aliphatic rings. The van der Waals surface area contributed by atoms with Gasteiger partial charge in [-0.3, -0.25) is 4.79 Å². The van der Waals surface area contributed by atoms with Gasteiger partial charge in [0, 0.05) is 19.6 Å². The summed E-state index contributed by atoms with van der Waals surface area (Å²) >= 11 is 0. The van der Waals surface area contributed by atoms with Gasteiger partial charge in [-0.25, -0.2) is 0 Å². The second-order valence-corrected chi connectivity index (χ2v) is 5.97. The molecule has 2 rings (SSSR count). The second kappa shape index (κ2) is 6.53. The van der Waals surface area contributed by atoms with Crippen molar-refractivity contribution in [3.8, 4) is 0 Å². The van der Waals surface area contributed by atoms with Crippen LogP contribution in [0.2, 0.25) is 0 Å². The first kappa shape index (κ1) is 13.8. The van der Waals surface area contributed by atoms with Crippen molar-refractivity contribution in [2.75, 3.05) is 39.4 Å². The number of amides is 1. The average Bonchev–Trinajstić information content (AvgIpc) is 2.40. The molecule has 0 unspecified atom stereocenters. The van der Waals surface area contributed by atoms with Crippen molar-refractivity contribution >= 4 is 5.91 Å². The third kappa shape index (κ3) is 3.95. The number of hydrogen-bond acceptors (Lipinski definition) is 3. The zero-order valence-electron chi connectivity index (χ0n) is 11.5. The largest absolute Gasteiger partial charge is 0.378 e. The number of carbonyl (C=O) groups excluding carboxylic acids is 1. The van der Waals surface area contributed by atoms with Crippen molar-refractivity contribution in [1.82, 2.24) is 10.2 Å². The zero-order chi connectivity index (χ0) is 12.8. The lowest BCUT2D eigenvalue weighted by Crippen LogP contribution is -2.46. The maximum absolute atomic E-state index is 12.0. The van der Waals surface area contributed by atoms with Gasteiger partial charge in [0.15, 0.2) is 0 Å². The standard InChI is InChI=1S/C14H26N2O2/c1-14(5-3-2-4-6-14)12-15-11-13(17)16-7-9-18-10-8-16/h15H,2-12H2,1H3. The van der Waals surface area contributed by atoms with Crippen LogP contribution in [0.5, 0.6) is 0 Å². The predicted octanol–water partition coefficient (Wildman–Crippen LogP) is 1.41. The van der Waals surface area contributed by atoms with Crippen LogP contribution in [0.3, 0.4) is 0 Å². The molecule has 1 N–H and O–H groups in total. The summed E-state index contributed by atoms with van der Waals surface area (Å²) in [5.41, 5.74) is 0.406. The molecule has 1 saturated carbocycles. The lowest BCUT2D eigenvalue weighted by atomic mass is 9.76. The topological polar surface area (TPSA) is 41.6 Å². The molecule has 4 nitrogen and oxygen atoms in total. The van der Waals surface area contributed by atoms with Crippen LogP contribution in [0.4, 0.5) is 0 Å². The highest BCUT2D eigenvalue weighted by molar-refractivity contribution is 5.78. The fraction of sp³-hybridized carbons (Fsp3) is 0.929. The Morgan fingerprint density at radius 3 is 2.56 bits per heavy atom. The highest BCUT2D eigenvalue weighted by Crippen LogP contribution is 2.34. The number of carbonyl (C=O) groups is 1. The van der Waals surface area contributed by atoms with E-state index in [0.717, 1.165) is 19.6 Å². The molecule has 2 fully saturated rings. The summed E-state index contributed by atoms with van der Waals surface area (Å²) in [6.07, 6.45) is 6.66. The molecular weight excluding hydrogens is 228 g/mol. The summed E-state index contributed by atoms with van der Waals surface area (Å²) in [6, 6.07) is 0. The maximum atomic E-state index is 12.0. The number of morpholine rings is 1. The Kier molecular flexibility index (Phi) is 5.01. The molecule has 0 atom stereocenters. The van der Waals surface area contributed by atoms with Gasteiger partial charge < -0.3 is 15.0 Å². The molecule has 1 heterocycles. The average molecular weight is 254 g/mol. The first-order chi connectivity index (χ1) is 8.70. The van der Waals surface area contributed by atoms with E-state index in [1.165, 1.54) is 32.1 Å². The van der Waals surface area contributed by atoms with Gasteiger partial charge in [0.25, 0.3) is 0 Å². The van der Waals surface area contributed by atoms with E-state index in [9.17, 15) is 4.79 Å². The fourth-order valence-corrected chi connectivity index (χ4v) is 2.98. The molecule has 0 aromatic heterocycles. The molecule has 18 heavy (non-hydrogen) atoms. The van der Waals surface area contributed by atoms with Crippen LogP contribution in [0, 0.1) is 5.41 Å². The fourth-order valence-electron chi connectivity index (χ4n) is 2.98. The summed E-state index contributed by atoms with van der Waals surface area (Å²) in [5, 5.41) is 3.36. The van der Waals surface area contributed by atoms with Crippen LogP contribution in [0.1, 0.15) is 39.0 Å². The third-order valence-electron chi connectivity index (χ3n) is 4.25. The highest BCUT2D eigenvalue weighted by Gasteiger charge is 2.26. The number of ether oxygens (including phenoxy) is 1. The van der Waals surface area contributed by atoms with E-state index >= 15 is 0 Å². The first-order valence-corrected chi connectivity index (χ1v) is 7.26. The van der Waals surface area contributed by atoms with Crippen molar-refractivity contribution in [2.24, 2.45) is 5.41 Å². The Bertz CT molecular complexity index is 269. The lowest BCUT2D eigenvalue weighted by Gasteiger charge is -2.34. The van der Waals surface area contributed by atoms with E-state index in [1.54, 1.807) is 0 Å². The van der Waals surface area contributed by atoms with Gasteiger partial charge in [0.05, 0.1) is 19.8 Å². The van der Waals surface area contributed by atoms with E-state index < -0.39 is 0 Å². The zero-order valence-corrected chi connectivity index (χ0v) is 11.5. The Morgan fingerprint density at radius 1 is 1.22 bits per heavy atom. The molecule has 1 saturated heterocycles. The third-order valence-corrected chi connectivity index (χ3v) is 4.25. The molecule has 104 valence electrons. The maximum Gasteiger partial charge on any atom is 0.236 e. The smallest absolute Gasteiger partial charge is 0.236 e. The Balaban J connectivity index is 1.66. The number of hydrogen-bond donors (Lipinski definition) is 1. The van der Waals surface area contributed by atoms with Gasteiger partial charge in [-0.05, 0) is 18.3 Å². The molecule has 4 heteroatoms. The van der Waals surface area contributed by atoms with Gasteiger partial charge in [-0.2, -0.15) is 0 Å². The van der Waals surface area contributed by atoms with Gasteiger partial charge in [-0.15, -0.1) is 0 Å². The molecule has 0 aromatic rings. The van der Waals surface area contributed by atoms with Crippen molar-refractivity contribution in [1.29, 1.82) is 0 Å². The Morgan fingerprint density at radius 2 is 1.89 bits per heavy atom. The van der Waals surface area contributed by atoms with E-state index in [1.807, 2.05) is 4.90 Å². The Labute approximate surface area is 110 Å². The van der Waals surface area contributed by atoms with Crippen LogP contribution >= 0.6 is 0 Å². The van der Waals surface area contributed by atoms with Crippen molar-refractivity contribution in [2.45, 2.75) is 39.0 Å². The summed E-state index contributed by atoms with van der Waals surface area (Å²) < 4.78 is 5.25. The molecule has 1 aliphatic heterocycles. The number of nitrogens with zero attached hydrogens (tertiary/aromatic N) is 1. The van der Waals surface area contributed by atoms with Gasteiger partial charge in [0.1, 0.15) is 0 Å². The summed E-state index contributed by atoms with van der Waals surface area (Å²) in [7, 11) is 0. The van der Waals surface area contributed by atoms with Gasteiger partial charge >= 0.3 is 0 Å². The van der Waals surface area contributed by atoms with Crippen LogP contribution in [-0.2, 0) is 9.53 Å². The molecular formula is C14H26N2O2. The monoisotopic (exact) mass is 254 g/mol. The highest BCUT2D eigenvalue weighted by atomic mass is 16.5. The minimum atomic E-state index is 0.220. The van der Waals surface area contributed by atoms with Crippen molar-refractivity contribution < 1.29 is 9.53 Å².